The highest BCUT2D eigenvalue weighted by Gasteiger charge is 2.19. The maximum Gasteiger partial charge on any atom is 0.306 e. The zero-order valence-electron chi connectivity index (χ0n) is 19.7. The lowest BCUT2D eigenvalue weighted by Crippen LogP contribution is -2.15. The first kappa shape index (κ1) is 23.1. The monoisotopic (exact) mass is 458 g/mol. The summed E-state index contributed by atoms with van der Waals surface area (Å²) in [7, 11) is 0. The molecular weight excluding hydrogens is 432 g/mol. The summed E-state index contributed by atoms with van der Waals surface area (Å²) < 4.78 is 12.4. The van der Waals surface area contributed by atoms with Crippen LogP contribution in [0.4, 0.5) is 0 Å². The number of pyridine rings is 1. The van der Waals surface area contributed by atoms with E-state index in [0.717, 1.165) is 17.1 Å². The normalized spacial score (nSPS) is 10.9. The Labute approximate surface area is 197 Å². The summed E-state index contributed by atoms with van der Waals surface area (Å²) in [6.07, 6.45) is 1.88. The van der Waals surface area contributed by atoms with E-state index < -0.39 is 5.97 Å². The van der Waals surface area contributed by atoms with Gasteiger partial charge < -0.3 is 13.8 Å². The number of esters is 1. The Kier molecular flexibility index (Phi) is 6.67. The van der Waals surface area contributed by atoms with E-state index in [2.05, 4.69) is 41.1 Å². The van der Waals surface area contributed by atoms with Gasteiger partial charge in [-0.05, 0) is 69.2 Å². The molecule has 4 aromatic rings. The molecule has 0 N–H and O–H groups in total. The lowest BCUT2D eigenvalue weighted by Gasteiger charge is -2.12. The molecule has 174 valence electrons. The smallest absolute Gasteiger partial charge is 0.306 e. The Balaban J connectivity index is 1.34. The predicted molar refractivity (Wildman–Crippen MR) is 126 cm³/mol. The van der Waals surface area contributed by atoms with Crippen molar-refractivity contribution in [2.24, 2.45) is 0 Å². The molecule has 4 rings (SSSR count). The minimum Gasteiger partial charge on any atom is -0.457 e. The fourth-order valence-corrected chi connectivity index (χ4v) is 3.77. The number of carbonyl (C=O) groups is 2. The number of rotatable bonds is 8. The van der Waals surface area contributed by atoms with E-state index >= 15 is 0 Å². The zero-order valence-corrected chi connectivity index (χ0v) is 19.7. The fourth-order valence-electron chi connectivity index (χ4n) is 3.77. The zero-order chi connectivity index (χ0) is 24.2. The van der Waals surface area contributed by atoms with E-state index in [0.29, 0.717) is 23.0 Å². The van der Waals surface area contributed by atoms with Crippen molar-refractivity contribution in [2.75, 3.05) is 6.61 Å². The van der Waals surface area contributed by atoms with Crippen LogP contribution < -0.4 is 0 Å². The van der Waals surface area contributed by atoms with Crippen LogP contribution in [0, 0.1) is 27.7 Å². The molecule has 0 spiro atoms. The maximum atomic E-state index is 12.8. The second-order valence-corrected chi connectivity index (χ2v) is 8.20. The van der Waals surface area contributed by atoms with E-state index in [9.17, 15) is 9.59 Å². The number of aromatic nitrogens is 4. The molecule has 0 aliphatic carbocycles. The van der Waals surface area contributed by atoms with E-state index in [1.54, 1.807) is 18.3 Å². The van der Waals surface area contributed by atoms with Crippen molar-refractivity contribution in [2.45, 2.75) is 40.5 Å². The highest BCUT2D eigenvalue weighted by Crippen LogP contribution is 2.23. The van der Waals surface area contributed by atoms with Crippen LogP contribution in [-0.4, -0.2) is 38.1 Å². The first-order valence-electron chi connectivity index (χ1n) is 11.0. The third-order valence-corrected chi connectivity index (χ3v) is 5.75. The SMILES string of the molecule is Cc1ccc(-n2c(C)cc(C(=O)COC(=O)CCc3nc(-c4ccccn4)no3)c2C)cc1C. The van der Waals surface area contributed by atoms with E-state index in [1.807, 2.05) is 36.6 Å². The first-order valence-corrected chi connectivity index (χ1v) is 11.0. The van der Waals surface area contributed by atoms with Gasteiger partial charge in [-0.1, -0.05) is 17.3 Å². The second kappa shape index (κ2) is 9.82. The number of carbonyl (C=O) groups excluding carboxylic acids is 2. The summed E-state index contributed by atoms with van der Waals surface area (Å²) in [6.45, 7) is 7.65. The number of ketones is 1. The minimum absolute atomic E-state index is 0.0266. The van der Waals surface area contributed by atoms with E-state index in [1.165, 1.54) is 11.1 Å². The van der Waals surface area contributed by atoms with Crippen LogP contribution in [0.15, 0.2) is 53.2 Å². The highest BCUT2D eigenvalue weighted by atomic mass is 16.5. The quantitative estimate of drug-likeness (QED) is 0.283. The van der Waals surface area contributed by atoms with Crippen LogP contribution >= 0.6 is 0 Å². The Hall–Kier alpha value is -4.07. The van der Waals surface area contributed by atoms with Crippen LogP contribution in [-0.2, 0) is 16.0 Å². The number of aryl methyl sites for hydroxylation is 4. The average molecular weight is 459 g/mol. The molecule has 8 heteroatoms. The van der Waals surface area contributed by atoms with Gasteiger partial charge in [0.15, 0.2) is 6.61 Å². The molecule has 0 fully saturated rings. The molecule has 0 amide bonds. The molecule has 3 aromatic heterocycles. The van der Waals surface area contributed by atoms with Gasteiger partial charge in [-0.2, -0.15) is 4.98 Å². The molecule has 0 aliphatic heterocycles. The summed E-state index contributed by atoms with van der Waals surface area (Å²) >= 11 is 0. The molecule has 1 aromatic carbocycles. The van der Waals surface area contributed by atoms with Gasteiger partial charge in [0.25, 0.3) is 0 Å². The highest BCUT2D eigenvalue weighted by molar-refractivity contribution is 5.99. The fraction of sp³-hybridized carbons (Fsp3) is 0.269. The molecule has 0 saturated carbocycles. The van der Waals surface area contributed by atoms with Crippen LogP contribution in [0.3, 0.4) is 0 Å². The van der Waals surface area contributed by atoms with Gasteiger partial charge in [-0.15, -0.1) is 0 Å². The molecule has 0 atom stereocenters. The standard InChI is InChI=1S/C26H26N4O4/c1-16-8-9-20(13-17(16)2)30-18(3)14-21(19(30)4)23(31)15-33-25(32)11-10-24-28-26(29-34-24)22-7-5-6-12-27-22/h5-9,12-14H,10-11,15H2,1-4H3. The minimum atomic E-state index is -0.506. The first-order chi connectivity index (χ1) is 16.3. The lowest BCUT2D eigenvalue weighted by atomic mass is 10.1. The molecule has 0 bridgehead atoms. The molecule has 0 saturated heterocycles. The maximum absolute atomic E-state index is 12.8. The van der Waals surface area contributed by atoms with Crippen LogP contribution in [0.1, 0.15) is 45.2 Å². The van der Waals surface area contributed by atoms with Crippen LogP contribution in [0.25, 0.3) is 17.2 Å². The van der Waals surface area contributed by atoms with Gasteiger partial charge in [0, 0.05) is 35.3 Å². The van der Waals surface area contributed by atoms with Gasteiger partial charge in [0.1, 0.15) is 5.69 Å². The van der Waals surface area contributed by atoms with Crippen molar-refractivity contribution in [3.8, 4) is 17.2 Å². The van der Waals surface area contributed by atoms with Gasteiger partial charge in [0.2, 0.25) is 17.5 Å². The summed E-state index contributed by atoms with van der Waals surface area (Å²) in [5.74, 6) is -0.0835. The molecule has 0 aliphatic rings. The van der Waals surface area contributed by atoms with Crippen molar-refractivity contribution in [3.05, 3.63) is 82.6 Å². The van der Waals surface area contributed by atoms with Crippen molar-refractivity contribution in [1.82, 2.24) is 19.7 Å². The Bertz CT molecular complexity index is 1340. The summed E-state index contributed by atoms with van der Waals surface area (Å²) in [5.41, 5.74) is 6.27. The number of hydrogen-bond acceptors (Lipinski definition) is 7. The Morgan fingerprint density at radius 3 is 2.59 bits per heavy atom. The molecule has 34 heavy (non-hydrogen) atoms. The van der Waals surface area contributed by atoms with Crippen LogP contribution in [0.2, 0.25) is 0 Å². The molecule has 3 heterocycles. The third-order valence-electron chi connectivity index (χ3n) is 5.75. The number of ether oxygens (including phenoxy) is 1. The molecular formula is C26H26N4O4. The van der Waals surface area contributed by atoms with Gasteiger partial charge >= 0.3 is 5.97 Å². The summed E-state index contributed by atoms with van der Waals surface area (Å²) in [6, 6.07) is 13.4. The summed E-state index contributed by atoms with van der Waals surface area (Å²) in [5, 5.41) is 3.88. The predicted octanol–water partition coefficient (Wildman–Crippen LogP) is 4.51. The Morgan fingerprint density at radius 1 is 1.03 bits per heavy atom. The van der Waals surface area contributed by atoms with Crippen LogP contribution in [0.5, 0.6) is 0 Å². The van der Waals surface area contributed by atoms with E-state index in [4.69, 9.17) is 9.26 Å². The second-order valence-electron chi connectivity index (χ2n) is 8.20. The van der Waals surface area contributed by atoms with Gasteiger partial charge in [-0.25, -0.2) is 0 Å². The molecule has 8 nitrogen and oxygen atoms in total. The van der Waals surface area contributed by atoms with Gasteiger partial charge in [0.05, 0.1) is 6.42 Å². The number of Topliss-reactive ketones (excluding diaryl/α,β-unsaturated/α-hetero) is 1. The largest absolute Gasteiger partial charge is 0.457 e. The van der Waals surface area contributed by atoms with Crippen molar-refractivity contribution in [1.29, 1.82) is 0 Å². The Morgan fingerprint density at radius 2 is 1.85 bits per heavy atom. The van der Waals surface area contributed by atoms with E-state index in [-0.39, 0.29) is 25.2 Å². The molecule has 0 unspecified atom stereocenters. The third kappa shape index (κ3) is 4.96. The van der Waals surface area contributed by atoms with Crippen molar-refractivity contribution < 1.29 is 18.8 Å². The van der Waals surface area contributed by atoms with Crippen molar-refractivity contribution >= 4 is 11.8 Å². The topological polar surface area (TPSA) is 100 Å². The molecule has 0 radical (unpaired) electrons. The number of benzene rings is 1. The van der Waals surface area contributed by atoms with Gasteiger partial charge in [-0.3, -0.25) is 14.6 Å². The summed E-state index contributed by atoms with van der Waals surface area (Å²) in [4.78, 5) is 33.4. The number of hydrogen-bond donors (Lipinski definition) is 0. The van der Waals surface area contributed by atoms with Crippen molar-refractivity contribution in [3.63, 3.8) is 0 Å². The number of nitrogens with zero attached hydrogens (tertiary/aromatic N) is 4. The average Bonchev–Trinajstić information content (AvgIpc) is 3.43. The lowest BCUT2D eigenvalue weighted by molar-refractivity contribution is -0.142.